The van der Waals surface area contributed by atoms with Gasteiger partial charge in [0.25, 0.3) is 5.91 Å². The van der Waals surface area contributed by atoms with Gasteiger partial charge in [0, 0.05) is 24.8 Å². The molecule has 0 N–H and O–H groups in total. The Balaban J connectivity index is 2.09. The lowest BCUT2D eigenvalue weighted by molar-refractivity contribution is 0.0784. The minimum absolute atomic E-state index is 0.107. The van der Waals surface area contributed by atoms with E-state index in [-0.39, 0.29) is 5.91 Å². The molecule has 2 rings (SSSR count). The minimum Gasteiger partial charge on any atom is -0.337 e. The molecular weight excluding hydrogens is 283 g/mol. The van der Waals surface area contributed by atoms with Crippen LogP contribution in [0.15, 0.2) is 42.6 Å². The van der Waals surface area contributed by atoms with Crippen LogP contribution in [0.3, 0.4) is 0 Å². The largest absolute Gasteiger partial charge is 0.337 e. The molecule has 0 atom stereocenters. The van der Waals surface area contributed by atoms with Gasteiger partial charge in [-0.1, -0.05) is 35.3 Å². The summed E-state index contributed by atoms with van der Waals surface area (Å²) in [4.78, 5) is 17.7. The topological polar surface area (TPSA) is 33.2 Å². The van der Waals surface area contributed by atoms with Gasteiger partial charge >= 0.3 is 0 Å². The highest BCUT2D eigenvalue weighted by Gasteiger charge is 2.12. The molecule has 0 aliphatic rings. The molecule has 0 radical (unpaired) electrons. The summed E-state index contributed by atoms with van der Waals surface area (Å²) in [5.74, 6) is -0.107. The number of aromatic nitrogens is 1. The highest BCUT2D eigenvalue weighted by atomic mass is 35.5. The third kappa shape index (κ3) is 3.69. The van der Waals surface area contributed by atoms with E-state index in [4.69, 9.17) is 23.2 Å². The number of rotatable bonds is 3. The van der Waals surface area contributed by atoms with E-state index < -0.39 is 0 Å². The number of nitrogens with zero attached hydrogens (tertiary/aromatic N) is 2. The molecule has 98 valence electrons. The van der Waals surface area contributed by atoms with E-state index in [1.807, 2.05) is 18.2 Å². The van der Waals surface area contributed by atoms with Crippen LogP contribution in [0.2, 0.25) is 10.2 Å². The van der Waals surface area contributed by atoms with Gasteiger partial charge in [0.15, 0.2) is 0 Å². The molecule has 0 saturated heterocycles. The van der Waals surface area contributed by atoms with Gasteiger partial charge in [-0.3, -0.25) is 4.79 Å². The van der Waals surface area contributed by atoms with Crippen molar-refractivity contribution in [3.8, 4) is 0 Å². The van der Waals surface area contributed by atoms with Crippen molar-refractivity contribution >= 4 is 29.1 Å². The maximum atomic E-state index is 12.2. The van der Waals surface area contributed by atoms with Gasteiger partial charge in [0.2, 0.25) is 0 Å². The Morgan fingerprint density at radius 2 is 2.05 bits per heavy atom. The number of carbonyl (C=O) groups excluding carboxylic acids is 1. The first-order valence-corrected chi connectivity index (χ1v) is 6.43. The summed E-state index contributed by atoms with van der Waals surface area (Å²) in [6.45, 7) is 0.488. The highest BCUT2D eigenvalue weighted by Crippen LogP contribution is 2.14. The van der Waals surface area contributed by atoms with Crippen molar-refractivity contribution in [3.63, 3.8) is 0 Å². The number of hydrogen-bond acceptors (Lipinski definition) is 2. The van der Waals surface area contributed by atoms with E-state index in [1.54, 1.807) is 30.1 Å². The molecule has 0 bridgehead atoms. The maximum absolute atomic E-state index is 12.2. The van der Waals surface area contributed by atoms with Crippen LogP contribution in [-0.4, -0.2) is 22.8 Å². The van der Waals surface area contributed by atoms with Crippen LogP contribution in [-0.2, 0) is 6.54 Å². The number of carbonyl (C=O) groups is 1. The van der Waals surface area contributed by atoms with Gasteiger partial charge in [0.05, 0.1) is 5.56 Å². The number of benzene rings is 1. The highest BCUT2D eigenvalue weighted by molar-refractivity contribution is 6.30. The zero-order valence-corrected chi connectivity index (χ0v) is 11.8. The van der Waals surface area contributed by atoms with Gasteiger partial charge in [-0.25, -0.2) is 4.98 Å². The molecule has 3 nitrogen and oxygen atoms in total. The molecule has 0 spiro atoms. The molecule has 1 aromatic carbocycles. The Bertz CT molecular complexity index is 584. The van der Waals surface area contributed by atoms with E-state index in [1.165, 1.54) is 6.20 Å². The van der Waals surface area contributed by atoms with Gasteiger partial charge in [-0.05, 0) is 29.8 Å². The Labute approximate surface area is 121 Å². The van der Waals surface area contributed by atoms with E-state index in [2.05, 4.69) is 4.98 Å². The molecular formula is C14H12Cl2N2O. The van der Waals surface area contributed by atoms with Crippen LogP contribution < -0.4 is 0 Å². The number of pyridine rings is 1. The molecule has 0 aliphatic carbocycles. The Morgan fingerprint density at radius 1 is 1.26 bits per heavy atom. The smallest absolute Gasteiger partial charge is 0.255 e. The SMILES string of the molecule is CN(Cc1cccc(Cl)c1)C(=O)c1ccc(Cl)nc1. The second-order valence-corrected chi connectivity index (χ2v) is 4.98. The summed E-state index contributed by atoms with van der Waals surface area (Å²) in [5.41, 5.74) is 1.49. The van der Waals surface area contributed by atoms with Crippen LogP contribution in [0.5, 0.6) is 0 Å². The lowest BCUT2D eigenvalue weighted by Crippen LogP contribution is -2.26. The van der Waals surface area contributed by atoms with Crippen LogP contribution in [0, 0.1) is 0 Å². The first kappa shape index (κ1) is 13.8. The summed E-state index contributed by atoms with van der Waals surface area (Å²) >= 11 is 11.6. The average Bonchev–Trinajstić information content (AvgIpc) is 2.39. The predicted octanol–water partition coefficient (Wildman–Crippen LogP) is 3.66. The number of amides is 1. The fraction of sp³-hybridized carbons (Fsp3) is 0.143. The first-order valence-electron chi connectivity index (χ1n) is 5.68. The van der Waals surface area contributed by atoms with Gasteiger partial charge in [-0.2, -0.15) is 0 Å². The number of halogens is 2. The quantitative estimate of drug-likeness (QED) is 0.810. The van der Waals surface area contributed by atoms with Crippen LogP contribution >= 0.6 is 23.2 Å². The molecule has 1 heterocycles. The van der Waals surface area contributed by atoms with Crippen LogP contribution in [0.25, 0.3) is 0 Å². The molecule has 19 heavy (non-hydrogen) atoms. The van der Waals surface area contributed by atoms with Crippen molar-refractivity contribution < 1.29 is 4.79 Å². The lowest BCUT2D eigenvalue weighted by atomic mass is 10.2. The van der Waals surface area contributed by atoms with Crippen molar-refractivity contribution in [2.75, 3.05) is 7.05 Å². The van der Waals surface area contributed by atoms with Gasteiger partial charge < -0.3 is 4.90 Å². The third-order valence-corrected chi connectivity index (χ3v) is 3.09. The van der Waals surface area contributed by atoms with Gasteiger partial charge in [0.1, 0.15) is 5.15 Å². The fourth-order valence-electron chi connectivity index (χ4n) is 1.70. The van der Waals surface area contributed by atoms with Crippen molar-refractivity contribution in [1.82, 2.24) is 9.88 Å². The second kappa shape index (κ2) is 6.04. The summed E-state index contributed by atoms with van der Waals surface area (Å²) < 4.78 is 0. The van der Waals surface area contributed by atoms with E-state index >= 15 is 0 Å². The Kier molecular flexibility index (Phi) is 4.40. The van der Waals surface area contributed by atoms with Crippen molar-refractivity contribution in [1.29, 1.82) is 0 Å². The molecule has 1 amide bonds. The standard InChI is InChI=1S/C14H12Cl2N2O/c1-18(9-10-3-2-4-12(15)7-10)14(19)11-5-6-13(16)17-8-11/h2-8H,9H2,1H3. The summed E-state index contributed by atoms with van der Waals surface area (Å²) in [5, 5.41) is 1.03. The molecule has 1 aromatic heterocycles. The molecule has 0 fully saturated rings. The minimum atomic E-state index is -0.107. The monoisotopic (exact) mass is 294 g/mol. The summed E-state index contributed by atoms with van der Waals surface area (Å²) in [7, 11) is 1.73. The Hall–Kier alpha value is -1.58. The Morgan fingerprint density at radius 3 is 2.68 bits per heavy atom. The average molecular weight is 295 g/mol. The molecule has 0 aliphatic heterocycles. The van der Waals surface area contributed by atoms with Crippen molar-refractivity contribution in [3.05, 3.63) is 63.9 Å². The zero-order valence-electron chi connectivity index (χ0n) is 10.3. The maximum Gasteiger partial charge on any atom is 0.255 e. The molecule has 0 saturated carbocycles. The molecule has 5 heteroatoms. The lowest BCUT2D eigenvalue weighted by Gasteiger charge is -2.17. The van der Waals surface area contributed by atoms with Crippen molar-refractivity contribution in [2.24, 2.45) is 0 Å². The van der Waals surface area contributed by atoms with E-state index in [0.717, 1.165) is 5.56 Å². The first-order chi connectivity index (χ1) is 9.06. The second-order valence-electron chi connectivity index (χ2n) is 4.16. The zero-order chi connectivity index (χ0) is 13.8. The predicted molar refractivity (Wildman–Crippen MR) is 76.5 cm³/mol. The summed E-state index contributed by atoms with van der Waals surface area (Å²) in [6.07, 6.45) is 1.47. The molecule has 0 unspecified atom stereocenters. The number of hydrogen-bond donors (Lipinski definition) is 0. The van der Waals surface area contributed by atoms with E-state index in [0.29, 0.717) is 22.3 Å². The molecule has 2 aromatic rings. The fourth-order valence-corrected chi connectivity index (χ4v) is 2.03. The van der Waals surface area contributed by atoms with Crippen LogP contribution in [0.4, 0.5) is 0 Å². The summed E-state index contributed by atoms with van der Waals surface area (Å²) in [6, 6.07) is 10.7. The third-order valence-electron chi connectivity index (χ3n) is 2.63. The van der Waals surface area contributed by atoms with Crippen molar-refractivity contribution in [2.45, 2.75) is 6.54 Å². The van der Waals surface area contributed by atoms with Gasteiger partial charge in [-0.15, -0.1) is 0 Å². The van der Waals surface area contributed by atoms with Crippen LogP contribution in [0.1, 0.15) is 15.9 Å². The van der Waals surface area contributed by atoms with E-state index in [9.17, 15) is 4.79 Å². The normalized spacial score (nSPS) is 10.3.